The maximum Gasteiger partial charge on any atom is 0.261 e. The largest absolute Gasteiger partial charge is 0.378 e. The van der Waals surface area contributed by atoms with Crippen LogP contribution in [0.25, 0.3) is 0 Å². The molecule has 0 radical (unpaired) electrons. The van der Waals surface area contributed by atoms with Gasteiger partial charge in [0.2, 0.25) is 11.8 Å². The van der Waals surface area contributed by atoms with E-state index in [0.717, 1.165) is 4.90 Å². The lowest BCUT2D eigenvalue weighted by atomic mass is 10.1. The van der Waals surface area contributed by atoms with Crippen LogP contribution in [0.3, 0.4) is 0 Å². The lowest BCUT2D eigenvalue weighted by Crippen LogP contribution is -2.46. The summed E-state index contributed by atoms with van der Waals surface area (Å²) in [5.74, 6) is -1.19. The van der Waals surface area contributed by atoms with Crippen LogP contribution >= 0.6 is 0 Å². The van der Waals surface area contributed by atoms with E-state index in [1.807, 2.05) is 0 Å². The summed E-state index contributed by atoms with van der Waals surface area (Å²) in [7, 11) is 1.54. The first-order chi connectivity index (χ1) is 12.5. The standard InChI is InChI=1S/C18H21N3O5/c1-19(12-16(23)20-8-10-26-11-9-20)15(22)6-7-21-17(24)13-4-2-3-5-14(13)18(21)25/h2-5H,6-12H2,1H3. The van der Waals surface area contributed by atoms with Crippen LogP contribution in [0.2, 0.25) is 0 Å². The summed E-state index contributed by atoms with van der Waals surface area (Å²) in [6, 6.07) is 6.60. The summed E-state index contributed by atoms with van der Waals surface area (Å²) in [5, 5.41) is 0. The fraction of sp³-hybridized carbons (Fsp3) is 0.444. The van der Waals surface area contributed by atoms with Gasteiger partial charge in [-0.3, -0.25) is 24.1 Å². The van der Waals surface area contributed by atoms with Gasteiger partial charge in [-0.25, -0.2) is 0 Å². The van der Waals surface area contributed by atoms with Crippen LogP contribution in [0, 0.1) is 0 Å². The highest BCUT2D eigenvalue weighted by molar-refractivity contribution is 6.21. The van der Waals surface area contributed by atoms with Gasteiger partial charge in [0.05, 0.1) is 30.9 Å². The molecular weight excluding hydrogens is 338 g/mol. The molecule has 0 aromatic heterocycles. The number of fused-ring (bicyclic) bond motifs is 1. The van der Waals surface area contributed by atoms with Crippen LogP contribution in [0.1, 0.15) is 27.1 Å². The number of morpholine rings is 1. The lowest BCUT2D eigenvalue weighted by Gasteiger charge is -2.28. The van der Waals surface area contributed by atoms with E-state index in [0.29, 0.717) is 37.4 Å². The molecule has 1 saturated heterocycles. The third-order valence-electron chi connectivity index (χ3n) is 4.59. The van der Waals surface area contributed by atoms with Crippen molar-refractivity contribution in [1.29, 1.82) is 0 Å². The Bertz CT molecular complexity index is 707. The minimum Gasteiger partial charge on any atom is -0.378 e. The van der Waals surface area contributed by atoms with Gasteiger partial charge < -0.3 is 14.5 Å². The molecule has 4 amide bonds. The summed E-state index contributed by atoms with van der Waals surface area (Å²) in [4.78, 5) is 53.1. The number of ether oxygens (including phenoxy) is 1. The second kappa shape index (κ2) is 7.65. The van der Waals surface area contributed by atoms with Gasteiger partial charge in [-0.15, -0.1) is 0 Å². The number of benzene rings is 1. The van der Waals surface area contributed by atoms with Crippen molar-refractivity contribution in [2.45, 2.75) is 6.42 Å². The van der Waals surface area contributed by atoms with Crippen molar-refractivity contribution in [2.75, 3.05) is 46.4 Å². The number of likely N-dealkylation sites (N-methyl/N-ethyl adjacent to an activating group) is 1. The van der Waals surface area contributed by atoms with Crippen molar-refractivity contribution in [3.05, 3.63) is 35.4 Å². The molecule has 0 aliphatic carbocycles. The molecule has 8 heteroatoms. The molecule has 0 spiro atoms. The van der Waals surface area contributed by atoms with Gasteiger partial charge in [0, 0.05) is 33.1 Å². The molecule has 1 aromatic rings. The minimum absolute atomic E-state index is 0.00125. The Balaban J connectivity index is 1.51. The van der Waals surface area contributed by atoms with Crippen LogP contribution in [-0.2, 0) is 14.3 Å². The number of hydrogen-bond donors (Lipinski definition) is 0. The van der Waals surface area contributed by atoms with Gasteiger partial charge in [0.25, 0.3) is 11.8 Å². The molecule has 1 aromatic carbocycles. The first-order valence-electron chi connectivity index (χ1n) is 8.53. The highest BCUT2D eigenvalue weighted by Gasteiger charge is 2.35. The molecule has 8 nitrogen and oxygen atoms in total. The molecule has 2 heterocycles. The highest BCUT2D eigenvalue weighted by atomic mass is 16.5. The van der Waals surface area contributed by atoms with Crippen molar-refractivity contribution in [2.24, 2.45) is 0 Å². The van der Waals surface area contributed by atoms with Crippen LogP contribution in [0.4, 0.5) is 0 Å². The second-order valence-corrected chi connectivity index (χ2v) is 6.30. The zero-order valence-electron chi connectivity index (χ0n) is 14.6. The number of nitrogens with zero attached hydrogens (tertiary/aromatic N) is 3. The first kappa shape index (κ1) is 18.1. The highest BCUT2D eigenvalue weighted by Crippen LogP contribution is 2.22. The summed E-state index contributed by atoms with van der Waals surface area (Å²) in [6.07, 6.45) is -0.0155. The average Bonchev–Trinajstić information content (AvgIpc) is 2.91. The van der Waals surface area contributed by atoms with Gasteiger partial charge >= 0.3 is 0 Å². The van der Waals surface area contributed by atoms with Crippen LogP contribution in [-0.4, -0.2) is 84.8 Å². The molecule has 0 unspecified atom stereocenters. The second-order valence-electron chi connectivity index (χ2n) is 6.30. The van der Waals surface area contributed by atoms with E-state index in [1.165, 1.54) is 4.90 Å². The quantitative estimate of drug-likeness (QED) is 0.690. The van der Waals surface area contributed by atoms with E-state index in [1.54, 1.807) is 36.2 Å². The van der Waals surface area contributed by atoms with Crippen molar-refractivity contribution < 1.29 is 23.9 Å². The van der Waals surface area contributed by atoms with Crippen LogP contribution < -0.4 is 0 Å². The Morgan fingerprint density at radius 1 is 1.08 bits per heavy atom. The Hall–Kier alpha value is -2.74. The average molecular weight is 359 g/mol. The smallest absolute Gasteiger partial charge is 0.261 e. The molecule has 2 aliphatic rings. The van der Waals surface area contributed by atoms with Crippen molar-refractivity contribution in [3.63, 3.8) is 0 Å². The molecule has 26 heavy (non-hydrogen) atoms. The fourth-order valence-electron chi connectivity index (χ4n) is 3.04. The molecule has 0 atom stereocenters. The predicted octanol–water partition coefficient (Wildman–Crippen LogP) is -0.0101. The van der Waals surface area contributed by atoms with Gasteiger partial charge in [-0.05, 0) is 12.1 Å². The Labute approximate surface area is 151 Å². The molecular formula is C18H21N3O5. The van der Waals surface area contributed by atoms with Gasteiger partial charge in [0.15, 0.2) is 0 Å². The van der Waals surface area contributed by atoms with Crippen molar-refractivity contribution in [1.82, 2.24) is 14.7 Å². The molecule has 0 N–H and O–H groups in total. The molecule has 3 rings (SSSR count). The zero-order valence-corrected chi connectivity index (χ0v) is 14.6. The topological polar surface area (TPSA) is 87.2 Å². The maximum absolute atomic E-state index is 12.3. The number of imide groups is 1. The number of amides is 4. The van der Waals surface area contributed by atoms with E-state index in [4.69, 9.17) is 4.74 Å². The Morgan fingerprint density at radius 3 is 2.23 bits per heavy atom. The summed E-state index contributed by atoms with van der Waals surface area (Å²) in [5.41, 5.74) is 0.724. The SMILES string of the molecule is CN(CC(=O)N1CCOCC1)C(=O)CCN1C(=O)c2ccccc2C1=O. The first-order valence-corrected chi connectivity index (χ1v) is 8.53. The summed E-state index contributed by atoms with van der Waals surface area (Å²) >= 11 is 0. The molecule has 2 aliphatic heterocycles. The van der Waals surface area contributed by atoms with E-state index in [2.05, 4.69) is 0 Å². The zero-order chi connectivity index (χ0) is 18.7. The number of carbonyl (C=O) groups is 4. The third kappa shape index (κ3) is 3.60. The van der Waals surface area contributed by atoms with E-state index >= 15 is 0 Å². The van der Waals surface area contributed by atoms with Crippen LogP contribution in [0.5, 0.6) is 0 Å². The van der Waals surface area contributed by atoms with Gasteiger partial charge in [-0.2, -0.15) is 0 Å². The minimum atomic E-state index is -0.384. The molecule has 138 valence electrons. The Kier molecular flexibility index (Phi) is 5.32. The molecule has 0 saturated carbocycles. The monoisotopic (exact) mass is 359 g/mol. The summed E-state index contributed by atoms with van der Waals surface area (Å²) < 4.78 is 5.20. The van der Waals surface area contributed by atoms with Crippen molar-refractivity contribution >= 4 is 23.6 Å². The van der Waals surface area contributed by atoms with E-state index in [-0.39, 0.29) is 43.1 Å². The maximum atomic E-state index is 12.3. The van der Waals surface area contributed by atoms with Gasteiger partial charge in [0.1, 0.15) is 0 Å². The fourth-order valence-corrected chi connectivity index (χ4v) is 3.04. The van der Waals surface area contributed by atoms with Gasteiger partial charge in [-0.1, -0.05) is 12.1 Å². The predicted molar refractivity (Wildman–Crippen MR) is 91.5 cm³/mol. The Morgan fingerprint density at radius 2 is 1.65 bits per heavy atom. The van der Waals surface area contributed by atoms with E-state index in [9.17, 15) is 19.2 Å². The number of rotatable bonds is 5. The normalized spacial score (nSPS) is 16.7. The van der Waals surface area contributed by atoms with Crippen LogP contribution in [0.15, 0.2) is 24.3 Å². The van der Waals surface area contributed by atoms with E-state index < -0.39 is 0 Å². The number of carbonyl (C=O) groups excluding carboxylic acids is 4. The molecule has 1 fully saturated rings. The van der Waals surface area contributed by atoms with Crippen molar-refractivity contribution in [3.8, 4) is 0 Å². The summed E-state index contributed by atoms with van der Waals surface area (Å²) in [6.45, 7) is 2.03. The molecule has 0 bridgehead atoms. The number of hydrogen-bond acceptors (Lipinski definition) is 5. The lowest BCUT2D eigenvalue weighted by molar-refractivity contribution is -0.141. The third-order valence-corrected chi connectivity index (χ3v) is 4.59.